The lowest BCUT2D eigenvalue weighted by Crippen LogP contribution is -1.93. The fourth-order valence-corrected chi connectivity index (χ4v) is 12.5. The predicted octanol–water partition coefficient (Wildman–Crippen LogP) is 17.4. The van der Waals surface area contributed by atoms with Gasteiger partial charge in [0.15, 0.2) is 11.4 Å². The van der Waals surface area contributed by atoms with Gasteiger partial charge >= 0.3 is 0 Å². The Bertz CT molecular complexity index is 4720. The Kier molecular flexibility index (Phi) is 6.41. The molecule has 66 heavy (non-hydrogen) atoms. The maximum atomic E-state index is 10.4. The number of fused-ring (bicyclic) bond motifs is 13. The summed E-state index contributed by atoms with van der Waals surface area (Å²) in [6.07, 6.45) is 0. The Labute approximate surface area is 376 Å². The lowest BCUT2D eigenvalue weighted by molar-refractivity contribution is 1.49. The van der Waals surface area contributed by atoms with Gasteiger partial charge in [-0.3, -0.25) is 0 Å². The maximum absolute atomic E-state index is 10.4. The smallest absolute Gasteiger partial charge is 0.195 e. The molecule has 0 spiro atoms. The third kappa shape index (κ3) is 4.03. The molecule has 14 aromatic carbocycles. The summed E-state index contributed by atoms with van der Waals surface area (Å²) in [5, 5.41) is 43.0. The van der Waals surface area contributed by atoms with Gasteiger partial charge in [0.05, 0.1) is 36.4 Å². The molecular weight excluding hydrogens is 801 g/mol. The van der Waals surface area contributed by atoms with E-state index in [-0.39, 0.29) is 0 Å². The average Bonchev–Trinajstić information content (AvgIpc) is 4.01. The van der Waals surface area contributed by atoms with Gasteiger partial charge in [0, 0.05) is 0 Å². The highest BCUT2D eigenvalue weighted by Crippen LogP contribution is 2.59. The average molecular weight is 827 g/mol. The molecule has 0 unspecified atom stereocenters. The van der Waals surface area contributed by atoms with Crippen molar-refractivity contribution in [2.75, 3.05) is 0 Å². The van der Waals surface area contributed by atoms with E-state index in [0.717, 1.165) is 81.1 Å². The van der Waals surface area contributed by atoms with Crippen LogP contribution in [0.4, 0.5) is 11.4 Å². The zero-order chi connectivity index (χ0) is 43.7. The van der Waals surface area contributed by atoms with Gasteiger partial charge in [0.2, 0.25) is 0 Å². The minimum absolute atomic E-state index is 0.452. The highest BCUT2D eigenvalue weighted by molar-refractivity contribution is 6.49. The molecule has 1 aliphatic carbocycles. The Balaban J connectivity index is 1.25. The summed E-state index contributed by atoms with van der Waals surface area (Å²) < 4.78 is 0. The lowest BCUT2D eigenvalue weighted by Gasteiger charge is -2.20. The van der Waals surface area contributed by atoms with Crippen LogP contribution in [0.15, 0.2) is 158 Å². The van der Waals surface area contributed by atoms with E-state index in [1.807, 2.05) is 12.1 Å². The second-order valence-electron chi connectivity index (χ2n) is 17.7. The molecule has 4 heteroatoms. The lowest BCUT2D eigenvalue weighted by atomic mass is 9.82. The van der Waals surface area contributed by atoms with Crippen LogP contribution in [0, 0.1) is 35.8 Å². The molecule has 0 amide bonds. The van der Waals surface area contributed by atoms with Gasteiger partial charge < -0.3 is 0 Å². The molecule has 294 valence electrons. The first-order valence-corrected chi connectivity index (χ1v) is 21.9. The van der Waals surface area contributed by atoms with Crippen LogP contribution in [-0.4, -0.2) is 0 Å². The summed E-state index contributed by atoms with van der Waals surface area (Å²) in [6.45, 7) is 17.1. The van der Waals surface area contributed by atoms with Crippen LogP contribution < -0.4 is 0 Å². The molecule has 0 saturated carbocycles. The first-order valence-electron chi connectivity index (χ1n) is 21.9. The van der Waals surface area contributed by atoms with E-state index in [9.17, 15) is 10.5 Å². The SMILES string of the molecule is [C-]#[N+]c1ccc(C#N)cc1-c1c2cc3c4ccccc4c4cccc(c2c(-c2cc(C#N)ccc2[N+]#[C-])c2c5ccc6c7ccc8c9c(ccc(c%10ccc(c12)c5c%106)c97)-c1ccccc1-8)c43. The molecule has 0 saturated heterocycles. The highest BCUT2D eigenvalue weighted by atomic mass is 14.7. The Hall–Kier alpha value is -9.58. The van der Waals surface area contributed by atoms with E-state index in [1.54, 1.807) is 24.3 Å². The van der Waals surface area contributed by atoms with Crippen LogP contribution in [0.5, 0.6) is 0 Å². The summed E-state index contributed by atoms with van der Waals surface area (Å²) >= 11 is 0. The van der Waals surface area contributed by atoms with E-state index in [1.165, 1.54) is 60.0 Å². The number of benzene rings is 12. The van der Waals surface area contributed by atoms with Gasteiger partial charge in [0.1, 0.15) is 0 Å². The fourth-order valence-electron chi connectivity index (χ4n) is 12.5. The van der Waals surface area contributed by atoms with E-state index in [2.05, 4.69) is 143 Å². The summed E-state index contributed by atoms with van der Waals surface area (Å²) in [5.41, 5.74) is 10.0. The normalized spacial score (nSPS) is 12.2. The molecule has 15 rings (SSSR count). The zero-order valence-electron chi connectivity index (χ0n) is 34.8. The Morgan fingerprint density at radius 2 is 0.727 bits per heavy atom. The zero-order valence-corrected chi connectivity index (χ0v) is 34.8. The van der Waals surface area contributed by atoms with Gasteiger partial charge in [-0.15, -0.1) is 0 Å². The number of nitriles is 2. The predicted molar refractivity (Wildman–Crippen MR) is 272 cm³/mol. The Morgan fingerprint density at radius 3 is 1.32 bits per heavy atom. The van der Waals surface area contributed by atoms with Crippen LogP contribution in [0.25, 0.3) is 162 Å². The van der Waals surface area contributed by atoms with E-state index in [4.69, 9.17) is 13.1 Å². The van der Waals surface area contributed by atoms with E-state index < -0.39 is 0 Å². The minimum atomic E-state index is 0.452. The molecule has 0 aliphatic heterocycles. The van der Waals surface area contributed by atoms with Crippen molar-refractivity contribution in [2.45, 2.75) is 0 Å². The van der Waals surface area contributed by atoms with Crippen molar-refractivity contribution < 1.29 is 0 Å². The topological polar surface area (TPSA) is 56.3 Å². The Morgan fingerprint density at radius 1 is 0.288 bits per heavy atom. The van der Waals surface area contributed by atoms with Crippen LogP contribution in [0.3, 0.4) is 0 Å². The largest absolute Gasteiger partial charge is 0.238 e. The highest BCUT2D eigenvalue weighted by Gasteiger charge is 2.31. The standard InChI is InChI=1S/C62H26N4/c1-65-51-24-14-31(29-63)26-48(51)59-50-28-47-36-11-6-5-10-35(36)37-12-7-13-44(53(37)47)58(50)62(49-27-32(30-64)15-25-52(49)66-2)61-46-23-21-43-41-19-17-39-34-9-4-3-8-33(34)38-16-18-40(55(41)54(38)39)42-20-22-45(60(59)61)57(46)56(42)43/h3-28H. The van der Waals surface area contributed by atoms with Crippen molar-refractivity contribution in [3.05, 3.63) is 192 Å². The van der Waals surface area contributed by atoms with Crippen molar-refractivity contribution in [1.29, 1.82) is 10.5 Å². The van der Waals surface area contributed by atoms with Crippen LogP contribution >= 0.6 is 0 Å². The molecule has 0 fully saturated rings. The van der Waals surface area contributed by atoms with Crippen LogP contribution in [-0.2, 0) is 0 Å². The molecule has 0 N–H and O–H groups in total. The van der Waals surface area contributed by atoms with Crippen molar-refractivity contribution >= 4 is 119 Å². The number of hydrogen-bond donors (Lipinski definition) is 0. The summed E-state index contributed by atoms with van der Waals surface area (Å²) in [5.74, 6) is 0. The first kappa shape index (κ1) is 34.9. The molecule has 0 aromatic heterocycles. The van der Waals surface area contributed by atoms with Gasteiger partial charge in [0.25, 0.3) is 0 Å². The number of rotatable bonds is 2. The third-order valence-electron chi connectivity index (χ3n) is 14.9. The van der Waals surface area contributed by atoms with Crippen molar-refractivity contribution in [1.82, 2.24) is 0 Å². The molecule has 14 aromatic rings. The van der Waals surface area contributed by atoms with Crippen molar-refractivity contribution in [3.63, 3.8) is 0 Å². The fraction of sp³-hybridized carbons (Fsp3) is 0. The number of nitrogens with zero attached hydrogens (tertiary/aromatic N) is 4. The van der Waals surface area contributed by atoms with E-state index in [0.29, 0.717) is 33.6 Å². The molecule has 0 atom stereocenters. The molecule has 0 heterocycles. The van der Waals surface area contributed by atoms with Gasteiger partial charge in [-0.2, -0.15) is 10.5 Å². The summed E-state index contributed by atoms with van der Waals surface area (Å²) in [4.78, 5) is 8.27. The molecule has 4 nitrogen and oxygen atoms in total. The minimum Gasteiger partial charge on any atom is -0.238 e. The second-order valence-corrected chi connectivity index (χ2v) is 17.7. The van der Waals surface area contributed by atoms with Crippen molar-refractivity contribution in [3.8, 4) is 56.6 Å². The number of hydrogen-bond acceptors (Lipinski definition) is 2. The second kappa shape index (κ2) is 12.1. The van der Waals surface area contributed by atoms with Crippen molar-refractivity contribution in [2.24, 2.45) is 0 Å². The van der Waals surface area contributed by atoms with Gasteiger partial charge in [-0.25, -0.2) is 9.69 Å². The molecule has 0 bridgehead atoms. The van der Waals surface area contributed by atoms with Gasteiger partial charge in [-0.1, -0.05) is 140 Å². The first-order chi connectivity index (χ1) is 32.6. The summed E-state index contributed by atoms with van der Waals surface area (Å²) in [7, 11) is 0. The molecular formula is C62H26N4. The van der Waals surface area contributed by atoms with Crippen LogP contribution in [0.2, 0.25) is 0 Å². The monoisotopic (exact) mass is 826 g/mol. The van der Waals surface area contributed by atoms with Gasteiger partial charge in [-0.05, 0) is 170 Å². The van der Waals surface area contributed by atoms with Crippen LogP contribution in [0.1, 0.15) is 11.1 Å². The van der Waals surface area contributed by atoms with E-state index >= 15 is 0 Å². The quantitative estimate of drug-likeness (QED) is 0.0990. The maximum Gasteiger partial charge on any atom is 0.195 e. The molecule has 0 radical (unpaired) electrons. The third-order valence-corrected chi connectivity index (χ3v) is 14.9. The summed E-state index contributed by atoms with van der Waals surface area (Å²) in [6, 6.07) is 59.8. The molecule has 1 aliphatic rings.